The third-order valence-electron chi connectivity index (χ3n) is 2.34. The summed E-state index contributed by atoms with van der Waals surface area (Å²) < 4.78 is 0. The van der Waals surface area contributed by atoms with Crippen molar-refractivity contribution in [2.24, 2.45) is 0 Å². The smallest absolute Gasteiger partial charge is 0.00258 e. The van der Waals surface area contributed by atoms with Crippen molar-refractivity contribution in [2.75, 3.05) is 0 Å². The van der Waals surface area contributed by atoms with Gasteiger partial charge in [-0.2, -0.15) is 0 Å². The maximum atomic E-state index is 2.68. The van der Waals surface area contributed by atoms with Gasteiger partial charge in [0, 0.05) is 0 Å². The Balaban J connectivity index is 0. The highest BCUT2D eigenvalue weighted by molar-refractivity contribution is 5.25. The molecule has 0 nitrogen and oxygen atoms in total. The summed E-state index contributed by atoms with van der Waals surface area (Å²) in [7, 11) is 0. The van der Waals surface area contributed by atoms with Crippen LogP contribution in [0.5, 0.6) is 0 Å². The Hall–Kier alpha value is -2.00. The summed E-state index contributed by atoms with van der Waals surface area (Å²) in [6, 6.07) is 21.1. The Kier molecular flexibility index (Phi) is 18.3. The molecule has 21 heavy (non-hydrogen) atoms. The lowest BCUT2D eigenvalue weighted by atomic mass is 10.1. The zero-order chi connectivity index (χ0) is 16.3. The molecule has 0 aliphatic rings. The molecule has 0 bridgehead atoms. The van der Waals surface area contributed by atoms with E-state index in [0.29, 0.717) is 0 Å². The monoisotopic (exact) mass is 282 g/mol. The highest BCUT2D eigenvalue weighted by atomic mass is 14.0. The van der Waals surface area contributed by atoms with Crippen molar-refractivity contribution in [3.8, 4) is 11.8 Å². The second-order valence-electron chi connectivity index (χ2n) is 3.65. The maximum absolute atomic E-state index is 2.68. The standard InChI is InChI=1S/C13H12.C4H6.2C2H6/c1-3-7-12(8-4-1)11-13-9-5-2-6-10-13;1-3-4-2;2*1-2/h1-10H,11H2;1-2H3;2*1-2H3. The lowest BCUT2D eigenvalue weighted by molar-refractivity contribution is 1.19. The lowest BCUT2D eigenvalue weighted by Crippen LogP contribution is -1.85. The van der Waals surface area contributed by atoms with E-state index in [9.17, 15) is 0 Å². The van der Waals surface area contributed by atoms with Crippen LogP contribution in [0.4, 0.5) is 0 Å². The van der Waals surface area contributed by atoms with Crippen LogP contribution in [0.25, 0.3) is 0 Å². The van der Waals surface area contributed by atoms with Gasteiger partial charge >= 0.3 is 0 Å². The molecule has 0 saturated heterocycles. The van der Waals surface area contributed by atoms with Gasteiger partial charge in [-0.25, -0.2) is 0 Å². The molecule has 0 radical (unpaired) electrons. The molecular weight excluding hydrogens is 252 g/mol. The summed E-state index contributed by atoms with van der Waals surface area (Å²) in [6.45, 7) is 11.6. The molecular formula is C21H30. The van der Waals surface area contributed by atoms with Gasteiger partial charge in [0.05, 0.1) is 0 Å². The van der Waals surface area contributed by atoms with Gasteiger partial charge in [-0.05, 0) is 31.4 Å². The first-order valence-electron chi connectivity index (χ1n) is 7.78. The van der Waals surface area contributed by atoms with Crippen LogP contribution in [-0.2, 0) is 6.42 Å². The van der Waals surface area contributed by atoms with E-state index in [-0.39, 0.29) is 0 Å². The average Bonchev–Trinajstić information content (AvgIpc) is 2.60. The van der Waals surface area contributed by atoms with Gasteiger partial charge < -0.3 is 0 Å². The minimum atomic E-state index is 1.03. The van der Waals surface area contributed by atoms with E-state index in [4.69, 9.17) is 0 Å². The molecule has 2 aromatic rings. The first-order valence-corrected chi connectivity index (χ1v) is 7.78. The van der Waals surface area contributed by atoms with Crippen molar-refractivity contribution in [3.63, 3.8) is 0 Å². The van der Waals surface area contributed by atoms with E-state index in [1.54, 1.807) is 0 Å². The zero-order valence-corrected chi connectivity index (χ0v) is 14.5. The lowest BCUT2D eigenvalue weighted by Gasteiger charge is -2.00. The SMILES string of the molecule is CC.CC.CC#CC.c1ccc(Cc2ccccc2)cc1. The van der Waals surface area contributed by atoms with Crippen LogP contribution in [-0.4, -0.2) is 0 Å². The van der Waals surface area contributed by atoms with Crippen molar-refractivity contribution in [1.29, 1.82) is 0 Å². The molecule has 0 aliphatic heterocycles. The number of hydrogen-bond acceptors (Lipinski definition) is 0. The molecule has 0 amide bonds. The predicted octanol–water partition coefficient (Wildman–Crippen LogP) is 6.36. The van der Waals surface area contributed by atoms with Gasteiger partial charge in [-0.1, -0.05) is 88.4 Å². The van der Waals surface area contributed by atoms with E-state index in [2.05, 4.69) is 72.5 Å². The largest absolute Gasteiger partial charge is 0.107 e. The highest BCUT2D eigenvalue weighted by Gasteiger charge is 1.92. The quantitative estimate of drug-likeness (QED) is 0.562. The summed E-state index contributed by atoms with van der Waals surface area (Å²) in [6.07, 6.45) is 1.03. The fourth-order valence-corrected chi connectivity index (χ4v) is 1.43. The molecule has 114 valence electrons. The van der Waals surface area contributed by atoms with Gasteiger partial charge in [0.1, 0.15) is 0 Å². The average molecular weight is 282 g/mol. The van der Waals surface area contributed by atoms with Crippen LogP contribution in [0.3, 0.4) is 0 Å². The Labute approximate surface area is 132 Å². The molecule has 2 aromatic carbocycles. The first-order chi connectivity index (χ1) is 10.4. The summed E-state index contributed by atoms with van der Waals surface area (Å²) in [5.41, 5.74) is 2.74. The van der Waals surface area contributed by atoms with Crippen molar-refractivity contribution in [2.45, 2.75) is 48.0 Å². The third kappa shape index (κ3) is 12.8. The van der Waals surface area contributed by atoms with Gasteiger partial charge in [0.15, 0.2) is 0 Å². The molecule has 0 heterocycles. The number of benzene rings is 2. The van der Waals surface area contributed by atoms with Crippen molar-refractivity contribution in [3.05, 3.63) is 71.8 Å². The maximum Gasteiger partial charge on any atom is -0.00258 e. The Morgan fingerprint density at radius 2 is 0.857 bits per heavy atom. The fraction of sp³-hybridized carbons (Fsp3) is 0.333. The molecule has 0 heteroatoms. The number of hydrogen-bond donors (Lipinski definition) is 0. The normalized spacial score (nSPS) is 7.33. The predicted molar refractivity (Wildman–Crippen MR) is 97.5 cm³/mol. The van der Waals surface area contributed by atoms with E-state index in [0.717, 1.165) is 6.42 Å². The summed E-state index contributed by atoms with van der Waals surface area (Å²) >= 11 is 0. The first kappa shape index (κ1) is 21.3. The summed E-state index contributed by atoms with van der Waals surface area (Å²) in [5, 5.41) is 0. The molecule has 0 N–H and O–H groups in total. The minimum Gasteiger partial charge on any atom is -0.107 e. The Bertz CT molecular complexity index is 414. The van der Waals surface area contributed by atoms with Crippen LogP contribution in [0, 0.1) is 11.8 Å². The minimum absolute atomic E-state index is 1.03. The molecule has 0 saturated carbocycles. The third-order valence-corrected chi connectivity index (χ3v) is 2.34. The molecule has 0 aliphatic carbocycles. The van der Waals surface area contributed by atoms with Gasteiger partial charge in [-0.3, -0.25) is 0 Å². The number of rotatable bonds is 2. The second-order valence-corrected chi connectivity index (χ2v) is 3.65. The molecule has 0 unspecified atom stereocenters. The van der Waals surface area contributed by atoms with E-state index in [1.807, 2.05) is 41.5 Å². The van der Waals surface area contributed by atoms with Gasteiger partial charge in [-0.15, -0.1) is 11.8 Å². The van der Waals surface area contributed by atoms with E-state index >= 15 is 0 Å². The molecule has 0 atom stereocenters. The Morgan fingerprint density at radius 1 is 0.571 bits per heavy atom. The van der Waals surface area contributed by atoms with Gasteiger partial charge in [0.25, 0.3) is 0 Å². The molecule has 0 fully saturated rings. The highest BCUT2D eigenvalue weighted by Crippen LogP contribution is 2.07. The van der Waals surface area contributed by atoms with E-state index in [1.165, 1.54) is 11.1 Å². The topological polar surface area (TPSA) is 0 Å². The second kappa shape index (κ2) is 18.0. The van der Waals surface area contributed by atoms with Crippen molar-refractivity contribution >= 4 is 0 Å². The van der Waals surface area contributed by atoms with E-state index < -0.39 is 0 Å². The Morgan fingerprint density at radius 3 is 1.10 bits per heavy atom. The fourth-order valence-electron chi connectivity index (χ4n) is 1.43. The molecule has 0 spiro atoms. The molecule has 0 aromatic heterocycles. The van der Waals surface area contributed by atoms with Crippen LogP contribution < -0.4 is 0 Å². The summed E-state index contributed by atoms with van der Waals surface area (Å²) in [4.78, 5) is 0. The van der Waals surface area contributed by atoms with Crippen LogP contribution in [0.15, 0.2) is 60.7 Å². The summed E-state index contributed by atoms with van der Waals surface area (Å²) in [5.74, 6) is 5.36. The van der Waals surface area contributed by atoms with Crippen molar-refractivity contribution < 1.29 is 0 Å². The van der Waals surface area contributed by atoms with Crippen molar-refractivity contribution in [1.82, 2.24) is 0 Å². The van der Waals surface area contributed by atoms with Crippen LogP contribution in [0.2, 0.25) is 0 Å². The van der Waals surface area contributed by atoms with Crippen LogP contribution >= 0.6 is 0 Å². The van der Waals surface area contributed by atoms with Gasteiger partial charge in [0.2, 0.25) is 0 Å². The molecule has 2 rings (SSSR count). The van der Waals surface area contributed by atoms with Crippen LogP contribution in [0.1, 0.15) is 52.7 Å². The zero-order valence-electron chi connectivity index (χ0n) is 14.5.